The quantitative estimate of drug-likeness (QED) is 0.551. The molecule has 172 valence electrons. The fraction of sp³-hybridized carbons (Fsp3) is 0.269. The van der Waals surface area contributed by atoms with Crippen molar-refractivity contribution < 1.29 is 17.9 Å². The molecule has 4 rings (SSSR count). The first-order valence-corrected chi connectivity index (χ1v) is 12.5. The Morgan fingerprint density at radius 2 is 1.39 bits per heavy atom. The Hall–Kier alpha value is -3.16. The van der Waals surface area contributed by atoms with Crippen molar-refractivity contribution in [1.82, 2.24) is 5.32 Å². The summed E-state index contributed by atoms with van der Waals surface area (Å²) >= 11 is 0. The van der Waals surface area contributed by atoms with E-state index in [2.05, 4.69) is 17.4 Å². The zero-order valence-electron chi connectivity index (χ0n) is 18.4. The molecule has 1 amide bonds. The summed E-state index contributed by atoms with van der Waals surface area (Å²) in [6, 6.07) is 27.0. The highest BCUT2D eigenvalue weighted by molar-refractivity contribution is 7.92. The number of benzene rings is 3. The van der Waals surface area contributed by atoms with E-state index >= 15 is 0 Å². The highest BCUT2D eigenvalue weighted by atomic mass is 32.2. The molecule has 33 heavy (non-hydrogen) atoms. The standard InChI is InChI=1S/C26H28N2O4S/c29-25(27-21-26(16-18-32-19-17-26)22-10-4-1-5-11-22)20-28(23-12-6-2-7-13-23)33(30,31)24-14-8-3-9-15-24/h1-15H,16-21H2,(H,27,29). The van der Waals surface area contributed by atoms with Crippen LogP contribution in [0.1, 0.15) is 18.4 Å². The van der Waals surface area contributed by atoms with Gasteiger partial charge in [-0.1, -0.05) is 66.7 Å². The van der Waals surface area contributed by atoms with Crippen molar-refractivity contribution in [2.45, 2.75) is 23.2 Å². The van der Waals surface area contributed by atoms with Gasteiger partial charge in [0.2, 0.25) is 5.91 Å². The van der Waals surface area contributed by atoms with Gasteiger partial charge in [0, 0.05) is 25.2 Å². The average Bonchev–Trinajstić information content (AvgIpc) is 2.88. The number of ether oxygens (including phenoxy) is 1. The first-order chi connectivity index (χ1) is 16.0. The van der Waals surface area contributed by atoms with Crippen molar-refractivity contribution in [2.75, 3.05) is 30.6 Å². The minimum atomic E-state index is -3.91. The number of nitrogens with one attached hydrogen (secondary N) is 1. The lowest BCUT2D eigenvalue weighted by Crippen LogP contribution is -2.48. The molecule has 1 N–H and O–H groups in total. The molecule has 0 aliphatic carbocycles. The molecule has 1 heterocycles. The Bertz CT molecular complexity index is 1150. The Labute approximate surface area is 195 Å². The van der Waals surface area contributed by atoms with Crippen LogP contribution in [0.25, 0.3) is 0 Å². The lowest BCUT2D eigenvalue weighted by Gasteiger charge is -2.38. The Kier molecular flexibility index (Phi) is 7.11. The molecule has 1 aliphatic rings. The van der Waals surface area contributed by atoms with Crippen LogP contribution in [0, 0.1) is 0 Å². The minimum absolute atomic E-state index is 0.145. The second-order valence-electron chi connectivity index (χ2n) is 8.20. The summed E-state index contributed by atoms with van der Waals surface area (Å²) in [4.78, 5) is 13.2. The number of hydrogen-bond donors (Lipinski definition) is 1. The van der Waals surface area contributed by atoms with Crippen LogP contribution in [0.3, 0.4) is 0 Å². The summed E-state index contributed by atoms with van der Waals surface area (Å²) in [5.74, 6) is -0.347. The molecule has 7 heteroatoms. The summed E-state index contributed by atoms with van der Waals surface area (Å²) in [6.07, 6.45) is 1.59. The number of carbonyl (C=O) groups excluding carboxylic acids is 1. The fourth-order valence-corrected chi connectivity index (χ4v) is 5.65. The average molecular weight is 465 g/mol. The maximum absolute atomic E-state index is 13.4. The van der Waals surface area contributed by atoms with Gasteiger partial charge in [-0.3, -0.25) is 9.10 Å². The molecule has 0 radical (unpaired) electrons. The van der Waals surface area contributed by atoms with E-state index in [4.69, 9.17) is 4.74 Å². The highest BCUT2D eigenvalue weighted by Crippen LogP contribution is 2.34. The van der Waals surface area contributed by atoms with Crippen molar-refractivity contribution in [2.24, 2.45) is 0 Å². The van der Waals surface area contributed by atoms with Crippen molar-refractivity contribution >= 4 is 21.6 Å². The van der Waals surface area contributed by atoms with Crippen LogP contribution >= 0.6 is 0 Å². The molecule has 1 fully saturated rings. The van der Waals surface area contributed by atoms with Gasteiger partial charge < -0.3 is 10.1 Å². The third-order valence-corrected chi connectivity index (χ3v) is 7.91. The van der Waals surface area contributed by atoms with Gasteiger partial charge in [0.25, 0.3) is 10.0 Å². The summed E-state index contributed by atoms with van der Waals surface area (Å²) < 4.78 is 33.5. The van der Waals surface area contributed by atoms with Gasteiger partial charge >= 0.3 is 0 Å². The molecule has 3 aromatic carbocycles. The normalized spacial score (nSPS) is 15.5. The SMILES string of the molecule is O=C(CN(c1ccccc1)S(=O)(=O)c1ccccc1)NCC1(c2ccccc2)CCOCC1. The van der Waals surface area contributed by atoms with Crippen molar-refractivity contribution in [1.29, 1.82) is 0 Å². The number of amides is 1. The lowest BCUT2D eigenvalue weighted by atomic mass is 9.74. The predicted molar refractivity (Wildman–Crippen MR) is 129 cm³/mol. The largest absolute Gasteiger partial charge is 0.381 e. The van der Waals surface area contributed by atoms with Gasteiger partial charge in [0.05, 0.1) is 10.6 Å². The van der Waals surface area contributed by atoms with Crippen LogP contribution in [0.4, 0.5) is 5.69 Å². The zero-order valence-corrected chi connectivity index (χ0v) is 19.2. The van der Waals surface area contributed by atoms with E-state index in [1.807, 2.05) is 24.3 Å². The number of anilines is 1. The fourth-order valence-electron chi connectivity index (χ4n) is 4.20. The highest BCUT2D eigenvalue weighted by Gasteiger charge is 2.35. The Morgan fingerprint density at radius 3 is 2.00 bits per heavy atom. The summed E-state index contributed by atoms with van der Waals surface area (Å²) in [6.45, 7) is 1.38. The predicted octanol–water partition coefficient (Wildman–Crippen LogP) is 3.75. The van der Waals surface area contributed by atoms with Gasteiger partial charge in [0.15, 0.2) is 0 Å². The number of para-hydroxylation sites is 1. The van der Waals surface area contributed by atoms with E-state index in [9.17, 15) is 13.2 Å². The molecular weight excluding hydrogens is 436 g/mol. The molecule has 1 saturated heterocycles. The summed E-state index contributed by atoms with van der Waals surface area (Å²) in [5, 5.41) is 3.01. The minimum Gasteiger partial charge on any atom is -0.381 e. The number of sulfonamides is 1. The topological polar surface area (TPSA) is 75.7 Å². The van der Waals surface area contributed by atoms with E-state index < -0.39 is 10.0 Å². The number of nitrogens with zero attached hydrogens (tertiary/aromatic N) is 1. The summed E-state index contributed by atoms with van der Waals surface area (Å²) in [7, 11) is -3.91. The van der Waals surface area contributed by atoms with Gasteiger partial charge in [-0.15, -0.1) is 0 Å². The maximum atomic E-state index is 13.4. The summed E-state index contributed by atoms with van der Waals surface area (Å²) in [5.41, 5.74) is 1.37. The third kappa shape index (κ3) is 5.26. The number of rotatable bonds is 8. The third-order valence-electron chi connectivity index (χ3n) is 6.12. The van der Waals surface area contributed by atoms with Crippen molar-refractivity contribution in [3.8, 4) is 0 Å². The molecule has 6 nitrogen and oxygen atoms in total. The molecule has 0 saturated carbocycles. The van der Waals surface area contributed by atoms with E-state index in [1.54, 1.807) is 42.5 Å². The monoisotopic (exact) mass is 464 g/mol. The zero-order chi connectivity index (χ0) is 23.2. The number of carbonyl (C=O) groups is 1. The Morgan fingerprint density at radius 1 is 0.848 bits per heavy atom. The lowest BCUT2D eigenvalue weighted by molar-refractivity contribution is -0.120. The molecule has 0 atom stereocenters. The Balaban J connectivity index is 1.55. The molecule has 0 aromatic heterocycles. The van der Waals surface area contributed by atoms with Crippen LogP contribution < -0.4 is 9.62 Å². The van der Waals surface area contributed by atoms with E-state index in [0.29, 0.717) is 25.4 Å². The van der Waals surface area contributed by atoms with Crippen molar-refractivity contribution in [3.05, 3.63) is 96.6 Å². The van der Waals surface area contributed by atoms with E-state index in [1.165, 1.54) is 12.1 Å². The van der Waals surface area contributed by atoms with E-state index in [-0.39, 0.29) is 22.8 Å². The first kappa shape index (κ1) is 23.0. The van der Waals surface area contributed by atoms with Crippen LogP contribution in [0.5, 0.6) is 0 Å². The van der Waals surface area contributed by atoms with Crippen LogP contribution in [0.15, 0.2) is 95.9 Å². The van der Waals surface area contributed by atoms with Gasteiger partial charge in [-0.05, 0) is 42.7 Å². The van der Waals surface area contributed by atoms with Gasteiger partial charge in [-0.25, -0.2) is 8.42 Å². The molecule has 0 bridgehead atoms. The molecule has 3 aromatic rings. The van der Waals surface area contributed by atoms with E-state index in [0.717, 1.165) is 22.7 Å². The molecular formula is C26H28N2O4S. The number of hydrogen-bond acceptors (Lipinski definition) is 4. The smallest absolute Gasteiger partial charge is 0.264 e. The second kappa shape index (κ2) is 10.2. The molecule has 0 unspecified atom stereocenters. The van der Waals surface area contributed by atoms with Crippen LogP contribution in [-0.2, 0) is 25.0 Å². The first-order valence-electron chi connectivity index (χ1n) is 11.0. The second-order valence-corrected chi connectivity index (χ2v) is 10.1. The van der Waals surface area contributed by atoms with Crippen LogP contribution in [0.2, 0.25) is 0 Å². The van der Waals surface area contributed by atoms with Crippen molar-refractivity contribution in [3.63, 3.8) is 0 Å². The molecule has 1 aliphatic heterocycles. The molecule has 0 spiro atoms. The maximum Gasteiger partial charge on any atom is 0.264 e. The van der Waals surface area contributed by atoms with Crippen LogP contribution in [-0.4, -0.2) is 40.6 Å². The van der Waals surface area contributed by atoms with Gasteiger partial charge in [0.1, 0.15) is 6.54 Å². The van der Waals surface area contributed by atoms with Gasteiger partial charge in [-0.2, -0.15) is 0 Å².